The minimum absolute atomic E-state index is 0.221. The predicted molar refractivity (Wildman–Crippen MR) is 93.3 cm³/mol. The highest BCUT2D eigenvalue weighted by atomic mass is 32.1. The molecule has 2 heterocycles. The average Bonchev–Trinajstić information content (AvgIpc) is 3.14. The van der Waals surface area contributed by atoms with E-state index in [-0.39, 0.29) is 25.1 Å². The molecule has 6 heteroatoms. The second-order valence-electron chi connectivity index (χ2n) is 6.11. The molecule has 1 aromatic carbocycles. The van der Waals surface area contributed by atoms with E-state index < -0.39 is 5.54 Å². The Morgan fingerprint density at radius 3 is 2.75 bits per heavy atom. The third-order valence-electron chi connectivity index (χ3n) is 4.21. The molecule has 1 aliphatic heterocycles. The summed E-state index contributed by atoms with van der Waals surface area (Å²) in [5.41, 5.74) is 1.15. The SMILES string of the molecule is Cc1ccc(C)c(OCCN2C(=O)NC(C)(c3cccs3)C2=O)c1. The number of amides is 3. The lowest BCUT2D eigenvalue weighted by Crippen LogP contribution is -2.40. The van der Waals surface area contributed by atoms with Crippen molar-refractivity contribution in [2.75, 3.05) is 13.2 Å². The molecule has 1 saturated heterocycles. The first-order chi connectivity index (χ1) is 11.4. The topological polar surface area (TPSA) is 58.6 Å². The van der Waals surface area contributed by atoms with Crippen LogP contribution in [-0.4, -0.2) is 30.0 Å². The number of ether oxygens (including phenoxy) is 1. The van der Waals surface area contributed by atoms with Gasteiger partial charge in [0, 0.05) is 4.88 Å². The molecule has 1 fully saturated rings. The maximum absolute atomic E-state index is 12.7. The molecule has 3 amide bonds. The Balaban J connectivity index is 1.67. The Morgan fingerprint density at radius 2 is 2.04 bits per heavy atom. The molecule has 0 radical (unpaired) electrons. The number of carbonyl (C=O) groups is 2. The molecule has 0 spiro atoms. The Bertz CT molecular complexity index is 773. The molecule has 1 aromatic heterocycles. The summed E-state index contributed by atoms with van der Waals surface area (Å²) < 4.78 is 5.76. The molecule has 1 unspecified atom stereocenters. The molecule has 1 aliphatic rings. The largest absolute Gasteiger partial charge is 0.491 e. The number of thiophene rings is 1. The van der Waals surface area contributed by atoms with Crippen molar-refractivity contribution >= 4 is 23.3 Å². The zero-order valence-corrected chi connectivity index (χ0v) is 14.8. The van der Waals surface area contributed by atoms with Crippen LogP contribution in [0, 0.1) is 13.8 Å². The summed E-state index contributed by atoms with van der Waals surface area (Å²) in [6, 6.07) is 9.33. The van der Waals surface area contributed by atoms with E-state index in [9.17, 15) is 9.59 Å². The van der Waals surface area contributed by atoms with Crippen molar-refractivity contribution in [1.29, 1.82) is 0 Å². The fourth-order valence-electron chi connectivity index (χ4n) is 2.74. The number of nitrogens with one attached hydrogen (secondary N) is 1. The molecule has 24 heavy (non-hydrogen) atoms. The maximum Gasteiger partial charge on any atom is 0.325 e. The molecule has 1 atom stereocenters. The zero-order chi connectivity index (χ0) is 17.3. The number of imide groups is 1. The summed E-state index contributed by atoms with van der Waals surface area (Å²) in [6.07, 6.45) is 0. The Morgan fingerprint density at radius 1 is 1.25 bits per heavy atom. The molecule has 5 nitrogen and oxygen atoms in total. The maximum atomic E-state index is 12.7. The first kappa shape index (κ1) is 16.5. The molecule has 0 bridgehead atoms. The Kier molecular flexibility index (Phi) is 4.32. The van der Waals surface area contributed by atoms with Crippen LogP contribution in [0.15, 0.2) is 35.7 Å². The van der Waals surface area contributed by atoms with Gasteiger partial charge in [0.1, 0.15) is 12.4 Å². The second-order valence-corrected chi connectivity index (χ2v) is 7.05. The number of hydrogen-bond acceptors (Lipinski definition) is 4. The number of carbonyl (C=O) groups excluding carboxylic acids is 2. The Labute approximate surface area is 145 Å². The second kappa shape index (κ2) is 6.28. The molecule has 1 N–H and O–H groups in total. The lowest BCUT2D eigenvalue weighted by Gasteiger charge is -2.20. The first-order valence-electron chi connectivity index (χ1n) is 7.80. The summed E-state index contributed by atoms with van der Waals surface area (Å²) in [4.78, 5) is 27.0. The van der Waals surface area contributed by atoms with Crippen molar-refractivity contribution in [3.05, 3.63) is 51.7 Å². The van der Waals surface area contributed by atoms with E-state index in [1.54, 1.807) is 6.92 Å². The van der Waals surface area contributed by atoms with Gasteiger partial charge in [-0.2, -0.15) is 0 Å². The van der Waals surface area contributed by atoms with Gasteiger partial charge in [0.05, 0.1) is 6.54 Å². The van der Waals surface area contributed by atoms with Gasteiger partial charge < -0.3 is 10.1 Å². The highest BCUT2D eigenvalue weighted by Gasteiger charge is 2.49. The van der Waals surface area contributed by atoms with Gasteiger partial charge in [-0.25, -0.2) is 4.79 Å². The van der Waals surface area contributed by atoms with E-state index in [0.29, 0.717) is 0 Å². The first-order valence-corrected chi connectivity index (χ1v) is 8.68. The van der Waals surface area contributed by atoms with Gasteiger partial charge in [0.15, 0.2) is 5.54 Å². The average molecular weight is 344 g/mol. The molecular formula is C18H20N2O3S. The fourth-order valence-corrected chi connectivity index (χ4v) is 3.57. The van der Waals surface area contributed by atoms with Crippen LogP contribution in [0.5, 0.6) is 5.75 Å². The number of urea groups is 1. The van der Waals surface area contributed by atoms with Crippen LogP contribution in [0.3, 0.4) is 0 Å². The third kappa shape index (κ3) is 2.89. The van der Waals surface area contributed by atoms with E-state index in [1.165, 1.54) is 16.2 Å². The monoisotopic (exact) mass is 344 g/mol. The quantitative estimate of drug-likeness (QED) is 0.847. The minimum Gasteiger partial charge on any atom is -0.491 e. The number of aryl methyl sites for hydroxylation is 2. The van der Waals surface area contributed by atoms with Gasteiger partial charge in [0.2, 0.25) is 0 Å². The van der Waals surface area contributed by atoms with Crippen molar-refractivity contribution in [3.63, 3.8) is 0 Å². The summed E-state index contributed by atoms with van der Waals surface area (Å²) in [5, 5.41) is 4.69. The smallest absolute Gasteiger partial charge is 0.325 e. The summed E-state index contributed by atoms with van der Waals surface area (Å²) in [5.74, 6) is 0.544. The van der Waals surface area contributed by atoms with Gasteiger partial charge in [-0.3, -0.25) is 9.69 Å². The van der Waals surface area contributed by atoms with E-state index in [2.05, 4.69) is 5.32 Å². The van der Waals surface area contributed by atoms with Gasteiger partial charge in [0.25, 0.3) is 5.91 Å². The molecule has 126 valence electrons. The van der Waals surface area contributed by atoms with Gasteiger partial charge in [-0.15, -0.1) is 11.3 Å². The van der Waals surface area contributed by atoms with Crippen LogP contribution >= 0.6 is 11.3 Å². The van der Waals surface area contributed by atoms with Gasteiger partial charge in [-0.05, 0) is 49.4 Å². The van der Waals surface area contributed by atoms with Crippen LogP contribution in [0.2, 0.25) is 0 Å². The van der Waals surface area contributed by atoms with E-state index >= 15 is 0 Å². The lowest BCUT2D eigenvalue weighted by molar-refractivity contribution is -0.131. The number of nitrogens with zero attached hydrogens (tertiary/aromatic N) is 1. The number of rotatable bonds is 5. The summed E-state index contributed by atoms with van der Waals surface area (Å²) in [6.45, 7) is 6.19. The van der Waals surface area contributed by atoms with Crippen LogP contribution in [0.25, 0.3) is 0 Å². The zero-order valence-electron chi connectivity index (χ0n) is 14.0. The van der Waals surface area contributed by atoms with Crippen LogP contribution in [-0.2, 0) is 10.3 Å². The van der Waals surface area contributed by atoms with Crippen LogP contribution < -0.4 is 10.1 Å². The van der Waals surface area contributed by atoms with E-state index in [4.69, 9.17) is 4.74 Å². The Hall–Kier alpha value is -2.34. The normalized spacial score (nSPS) is 20.4. The highest BCUT2D eigenvalue weighted by Crippen LogP contribution is 2.31. The van der Waals surface area contributed by atoms with Gasteiger partial charge >= 0.3 is 6.03 Å². The van der Waals surface area contributed by atoms with Crippen LogP contribution in [0.4, 0.5) is 4.79 Å². The van der Waals surface area contributed by atoms with E-state index in [1.807, 2.05) is 49.6 Å². The standard InChI is InChI=1S/C18H20N2O3S/c1-12-6-7-13(2)14(11-12)23-9-8-20-16(21)18(3,19-17(20)22)15-5-4-10-24-15/h4-7,10-11H,8-9H2,1-3H3,(H,19,22). The van der Waals surface area contributed by atoms with E-state index in [0.717, 1.165) is 21.8 Å². The van der Waals surface area contributed by atoms with Crippen molar-refractivity contribution in [1.82, 2.24) is 10.2 Å². The number of benzene rings is 1. The number of hydrogen-bond donors (Lipinski definition) is 1. The predicted octanol–water partition coefficient (Wildman–Crippen LogP) is 3.21. The molecule has 3 rings (SSSR count). The van der Waals surface area contributed by atoms with Crippen molar-refractivity contribution < 1.29 is 14.3 Å². The fraction of sp³-hybridized carbons (Fsp3) is 0.333. The summed E-state index contributed by atoms with van der Waals surface area (Å²) >= 11 is 1.46. The van der Waals surface area contributed by atoms with Crippen molar-refractivity contribution in [2.24, 2.45) is 0 Å². The van der Waals surface area contributed by atoms with Crippen molar-refractivity contribution in [3.8, 4) is 5.75 Å². The summed E-state index contributed by atoms with van der Waals surface area (Å²) in [7, 11) is 0. The molecule has 2 aromatic rings. The van der Waals surface area contributed by atoms with Crippen molar-refractivity contribution in [2.45, 2.75) is 26.3 Å². The third-order valence-corrected chi connectivity index (χ3v) is 5.30. The highest BCUT2D eigenvalue weighted by molar-refractivity contribution is 7.10. The molecule has 0 saturated carbocycles. The molecular weight excluding hydrogens is 324 g/mol. The van der Waals surface area contributed by atoms with Crippen LogP contribution in [0.1, 0.15) is 22.9 Å². The minimum atomic E-state index is -0.982. The molecule has 0 aliphatic carbocycles. The van der Waals surface area contributed by atoms with Gasteiger partial charge in [-0.1, -0.05) is 18.2 Å². The lowest BCUT2D eigenvalue weighted by atomic mass is 10.0.